The molecule has 1 saturated heterocycles. The van der Waals surface area contributed by atoms with Crippen LogP contribution in [0.2, 0.25) is 0 Å². The second-order valence-corrected chi connectivity index (χ2v) is 6.45. The molecule has 3 rings (SSSR count). The Bertz CT molecular complexity index is 572. The number of morpholine rings is 1. The van der Waals surface area contributed by atoms with Gasteiger partial charge in [0.25, 0.3) is 0 Å². The van der Waals surface area contributed by atoms with Crippen molar-refractivity contribution in [2.75, 3.05) is 32.8 Å². The fourth-order valence-electron chi connectivity index (χ4n) is 2.66. The van der Waals surface area contributed by atoms with Crippen molar-refractivity contribution < 1.29 is 4.74 Å². The molecular formula is C17H23N3OS. The number of thiazole rings is 1. The lowest BCUT2D eigenvalue weighted by Crippen LogP contribution is -2.46. The third-order valence-corrected chi connectivity index (χ3v) is 4.79. The maximum Gasteiger partial charge on any atom is 0.107 e. The Morgan fingerprint density at radius 1 is 1.36 bits per heavy atom. The normalized spacial score (nSPS) is 19.4. The summed E-state index contributed by atoms with van der Waals surface area (Å²) >= 11 is 1.71. The minimum atomic E-state index is 0.294. The van der Waals surface area contributed by atoms with Crippen molar-refractivity contribution in [3.05, 3.63) is 40.7 Å². The molecule has 22 heavy (non-hydrogen) atoms. The molecule has 0 bridgehead atoms. The number of benzene rings is 1. The zero-order valence-electron chi connectivity index (χ0n) is 13.0. The van der Waals surface area contributed by atoms with E-state index in [4.69, 9.17) is 9.72 Å². The van der Waals surface area contributed by atoms with E-state index in [1.807, 2.05) is 18.2 Å². The predicted molar refractivity (Wildman–Crippen MR) is 91.1 cm³/mol. The molecule has 5 heteroatoms. The van der Waals surface area contributed by atoms with Crippen LogP contribution in [0.25, 0.3) is 11.3 Å². The molecule has 0 amide bonds. The minimum Gasteiger partial charge on any atom is -0.374 e. The Balaban J connectivity index is 1.47. The Labute approximate surface area is 136 Å². The Morgan fingerprint density at radius 2 is 2.23 bits per heavy atom. The summed E-state index contributed by atoms with van der Waals surface area (Å²) in [6.07, 6.45) is 0.294. The number of nitrogens with zero attached hydrogens (tertiary/aromatic N) is 2. The van der Waals surface area contributed by atoms with Crippen molar-refractivity contribution in [3.63, 3.8) is 0 Å². The van der Waals surface area contributed by atoms with Crippen LogP contribution < -0.4 is 5.32 Å². The van der Waals surface area contributed by atoms with E-state index in [0.29, 0.717) is 6.10 Å². The number of aromatic nitrogens is 1. The van der Waals surface area contributed by atoms with Crippen LogP contribution in [0.5, 0.6) is 0 Å². The largest absolute Gasteiger partial charge is 0.374 e. The second kappa shape index (κ2) is 7.83. The fourth-order valence-corrected chi connectivity index (χ4v) is 3.44. The number of hydrogen-bond acceptors (Lipinski definition) is 5. The molecule has 1 unspecified atom stereocenters. The Hall–Kier alpha value is -1.27. The molecule has 1 fully saturated rings. The van der Waals surface area contributed by atoms with Crippen LogP contribution in [-0.2, 0) is 11.3 Å². The summed E-state index contributed by atoms with van der Waals surface area (Å²) in [7, 11) is 0. The molecule has 1 aromatic carbocycles. The Morgan fingerprint density at radius 3 is 3.05 bits per heavy atom. The predicted octanol–water partition coefficient (Wildman–Crippen LogP) is 2.62. The van der Waals surface area contributed by atoms with Gasteiger partial charge in [0.05, 0.1) is 18.4 Å². The monoisotopic (exact) mass is 317 g/mol. The van der Waals surface area contributed by atoms with Crippen LogP contribution in [0.4, 0.5) is 0 Å². The van der Waals surface area contributed by atoms with Crippen LogP contribution in [0.1, 0.15) is 11.9 Å². The quantitative estimate of drug-likeness (QED) is 0.889. The lowest BCUT2D eigenvalue weighted by molar-refractivity contribution is -0.0253. The summed E-state index contributed by atoms with van der Waals surface area (Å²) in [5.74, 6) is 0. The first-order valence-electron chi connectivity index (χ1n) is 7.89. The zero-order chi connectivity index (χ0) is 15.2. The van der Waals surface area contributed by atoms with Gasteiger partial charge < -0.3 is 10.1 Å². The molecule has 4 nitrogen and oxygen atoms in total. The molecule has 1 aromatic heterocycles. The van der Waals surface area contributed by atoms with Crippen LogP contribution in [0, 0.1) is 0 Å². The molecule has 0 radical (unpaired) electrons. The molecule has 1 N–H and O–H groups in total. The van der Waals surface area contributed by atoms with Gasteiger partial charge in [0.15, 0.2) is 0 Å². The SMILES string of the molecule is CCN1CCOC(CNCc2nc(-c3ccccc3)cs2)C1. The van der Waals surface area contributed by atoms with Crippen molar-refractivity contribution in [1.82, 2.24) is 15.2 Å². The average molecular weight is 317 g/mol. The van der Waals surface area contributed by atoms with E-state index in [9.17, 15) is 0 Å². The number of nitrogens with one attached hydrogen (secondary N) is 1. The van der Waals surface area contributed by atoms with Crippen molar-refractivity contribution in [1.29, 1.82) is 0 Å². The Kier molecular flexibility index (Phi) is 5.56. The lowest BCUT2D eigenvalue weighted by atomic mass is 10.2. The highest BCUT2D eigenvalue weighted by Crippen LogP contribution is 2.21. The van der Waals surface area contributed by atoms with Gasteiger partial charge in [-0.25, -0.2) is 4.98 Å². The van der Waals surface area contributed by atoms with Gasteiger partial charge in [-0.1, -0.05) is 37.3 Å². The molecule has 2 heterocycles. The van der Waals surface area contributed by atoms with Gasteiger partial charge in [0.1, 0.15) is 5.01 Å². The smallest absolute Gasteiger partial charge is 0.107 e. The summed E-state index contributed by atoms with van der Waals surface area (Å²) < 4.78 is 5.80. The molecule has 118 valence electrons. The van der Waals surface area contributed by atoms with Gasteiger partial charge in [-0.3, -0.25) is 4.90 Å². The maximum absolute atomic E-state index is 5.80. The molecule has 0 saturated carbocycles. The van der Waals surface area contributed by atoms with Crippen LogP contribution >= 0.6 is 11.3 Å². The summed E-state index contributed by atoms with van der Waals surface area (Å²) in [5, 5.41) is 6.73. The highest BCUT2D eigenvalue weighted by atomic mass is 32.1. The van der Waals surface area contributed by atoms with E-state index in [0.717, 1.165) is 50.0 Å². The highest BCUT2D eigenvalue weighted by Gasteiger charge is 2.18. The molecule has 0 aliphatic carbocycles. The summed E-state index contributed by atoms with van der Waals surface area (Å²) in [6, 6.07) is 10.3. The number of hydrogen-bond donors (Lipinski definition) is 1. The number of rotatable bonds is 6. The summed E-state index contributed by atoms with van der Waals surface area (Å²) in [6.45, 7) is 7.93. The van der Waals surface area contributed by atoms with Crippen LogP contribution in [0.3, 0.4) is 0 Å². The summed E-state index contributed by atoms with van der Waals surface area (Å²) in [4.78, 5) is 7.14. The van der Waals surface area contributed by atoms with Gasteiger partial charge in [-0.05, 0) is 6.54 Å². The number of ether oxygens (including phenoxy) is 1. The topological polar surface area (TPSA) is 37.4 Å². The number of likely N-dealkylation sites (N-methyl/N-ethyl adjacent to an activating group) is 1. The van der Waals surface area contributed by atoms with Gasteiger partial charge in [0, 0.05) is 37.1 Å². The lowest BCUT2D eigenvalue weighted by Gasteiger charge is -2.32. The van der Waals surface area contributed by atoms with E-state index in [1.165, 1.54) is 5.56 Å². The third-order valence-electron chi connectivity index (χ3n) is 3.94. The molecule has 1 aliphatic rings. The average Bonchev–Trinajstić information content (AvgIpc) is 3.05. The summed E-state index contributed by atoms with van der Waals surface area (Å²) in [5.41, 5.74) is 2.24. The highest BCUT2D eigenvalue weighted by molar-refractivity contribution is 7.09. The van der Waals surface area contributed by atoms with E-state index >= 15 is 0 Å². The molecule has 0 spiro atoms. The second-order valence-electron chi connectivity index (χ2n) is 5.51. The molecule has 2 aromatic rings. The van der Waals surface area contributed by atoms with Gasteiger partial charge in [0.2, 0.25) is 0 Å². The van der Waals surface area contributed by atoms with Crippen LogP contribution in [-0.4, -0.2) is 48.8 Å². The first-order valence-corrected chi connectivity index (χ1v) is 8.77. The zero-order valence-corrected chi connectivity index (χ0v) is 13.8. The van der Waals surface area contributed by atoms with Gasteiger partial charge >= 0.3 is 0 Å². The van der Waals surface area contributed by atoms with Gasteiger partial charge in [-0.2, -0.15) is 0 Å². The van der Waals surface area contributed by atoms with E-state index in [1.54, 1.807) is 11.3 Å². The first kappa shape index (κ1) is 15.6. The van der Waals surface area contributed by atoms with Crippen molar-refractivity contribution in [2.45, 2.75) is 19.6 Å². The maximum atomic E-state index is 5.80. The van der Waals surface area contributed by atoms with Crippen molar-refractivity contribution in [3.8, 4) is 11.3 Å². The van der Waals surface area contributed by atoms with Crippen molar-refractivity contribution >= 4 is 11.3 Å². The standard InChI is InChI=1S/C17H23N3OS/c1-2-20-8-9-21-15(12-20)10-18-11-17-19-16(13-22-17)14-6-4-3-5-7-14/h3-7,13,15,18H,2,8-12H2,1H3. The van der Waals surface area contributed by atoms with Crippen LogP contribution in [0.15, 0.2) is 35.7 Å². The minimum absolute atomic E-state index is 0.294. The van der Waals surface area contributed by atoms with E-state index in [2.05, 4.69) is 34.7 Å². The third kappa shape index (κ3) is 4.14. The fraction of sp³-hybridized carbons (Fsp3) is 0.471. The molecule has 1 aliphatic heterocycles. The van der Waals surface area contributed by atoms with E-state index < -0.39 is 0 Å². The van der Waals surface area contributed by atoms with Crippen molar-refractivity contribution in [2.24, 2.45) is 0 Å². The van der Waals surface area contributed by atoms with Gasteiger partial charge in [-0.15, -0.1) is 11.3 Å². The molecular weight excluding hydrogens is 294 g/mol. The molecule has 1 atom stereocenters. The van der Waals surface area contributed by atoms with E-state index in [-0.39, 0.29) is 0 Å². The first-order chi connectivity index (χ1) is 10.8.